The summed E-state index contributed by atoms with van der Waals surface area (Å²) >= 11 is 0. The summed E-state index contributed by atoms with van der Waals surface area (Å²) in [7, 11) is -1.88. The average Bonchev–Trinajstić information content (AvgIpc) is 3.56. The average molecular weight is 548 g/mol. The molecule has 5 aliphatic rings. The third kappa shape index (κ3) is 4.68. The van der Waals surface area contributed by atoms with E-state index in [0.717, 1.165) is 46.8 Å². The Kier molecular flexibility index (Phi) is 7.38. The molecule has 0 amide bonds. The number of nitrogens with zero attached hydrogens (tertiary/aromatic N) is 1. The van der Waals surface area contributed by atoms with Crippen LogP contribution < -0.4 is 0 Å². The Balaban J connectivity index is 0.000000226. The van der Waals surface area contributed by atoms with E-state index in [-0.39, 0.29) is 16.4 Å². The summed E-state index contributed by atoms with van der Waals surface area (Å²) in [6.07, 6.45) is 10.4. The third-order valence-corrected chi connectivity index (χ3v) is 13.3. The second-order valence-corrected chi connectivity index (χ2v) is 15.4. The number of ether oxygens (including phenoxy) is 1. The Morgan fingerprint density at radius 3 is 2.26 bits per heavy atom. The van der Waals surface area contributed by atoms with E-state index in [1.54, 1.807) is 12.1 Å². The summed E-state index contributed by atoms with van der Waals surface area (Å²) < 4.78 is 38.2. The molecule has 214 valence electrons. The van der Waals surface area contributed by atoms with Gasteiger partial charge in [-0.05, 0) is 101 Å². The number of fused-ring (bicyclic) bond motifs is 6. The molecule has 7 heteroatoms. The van der Waals surface area contributed by atoms with Gasteiger partial charge in [-0.3, -0.25) is 0 Å². The molecule has 10 atom stereocenters. The van der Waals surface area contributed by atoms with Gasteiger partial charge in [0, 0.05) is 11.8 Å². The zero-order valence-electron chi connectivity index (χ0n) is 24.2. The topological polar surface area (TPSA) is 90.0 Å². The van der Waals surface area contributed by atoms with E-state index in [4.69, 9.17) is 4.74 Å². The van der Waals surface area contributed by atoms with Gasteiger partial charge >= 0.3 is 0 Å². The van der Waals surface area contributed by atoms with Crippen molar-refractivity contribution in [2.45, 2.75) is 109 Å². The molecule has 0 unspecified atom stereocenters. The summed E-state index contributed by atoms with van der Waals surface area (Å²) in [4.78, 5) is -0.178. The zero-order valence-corrected chi connectivity index (χ0v) is 25.0. The first-order chi connectivity index (χ1) is 17.8. The first-order valence-electron chi connectivity index (χ1n) is 15.0. The quantitative estimate of drug-likeness (QED) is 0.321. The zero-order chi connectivity index (χ0) is 27.7. The normalized spacial score (nSPS) is 43.6. The van der Waals surface area contributed by atoms with Crippen LogP contribution in [0.25, 0.3) is 0 Å². The molecule has 1 aromatic carbocycles. The van der Waals surface area contributed by atoms with Crippen LogP contribution in [0.1, 0.15) is 78.2 Å². The van der Waals surface area contributed by atoms with Gasteiger partial charge in [-0.1, -0.05) is 31.5 Å². The first kappa shape index (κ1) is 28.5. The number of epoxide rings is 1. The van der Waals surface area contributed by atoms with E-state index in [0.29, 0.717) is 23.7 Å². The predicted octanol–water partition coefficient (Wildman–Crippen LogP) is 5.13. The van der Waals surface area contributed by atoms with Crippen molar-refractivity contribution in [3.05, 3.63) is 29.8 Å². The maximum atomic E-state index is 11.5. The Morgan fingerprint density at radius 1 is 1.00 bits per heavy atom. The van der Waals surface area contributed by atoms with Crippen molar-refractivity contribution in [2.24, 2.45) is 34.5 Å². The van der Waals surface area contributed by atoms with E-state index in [2.05, 4.69) is 34.7 Å². The van der Waals surface area contributed by atoms with Crippen LogP contribution in [0, 0.1) is 41.4 Å². The van der Waals surface area contributed by atoms with Crippen molar-refractivity contribution in [1.82, 2.24) is 0 Å². The second-order valence-electron chi connectivity index (χ2n) is 14.0. The van der Waals surface area contributed by atoms with Gasteiger partial charge in [-0.25, -0.2) is 8.42 Å². The molecule has 1 aromatic rings. The van der Waals surface area contributed by atoms with Gasteiger partial charge in [0.25, 0.3) is 0 Å². The molecule has 5 fully saturated rings. The van der Waals surface area contributed by atoms with Crippen LogP contribution in [0.4, 0.5) is 0 Å². The lowest BCUT2D eigenvalue weighted by Gasteiger charge is -2.59. The van der Waals surface area contributed by atoms with E-state index < -0.39 is 10.1 Å². The number of aliphatic hydroxyl groups is 1. The largest absolute Gasteiger partial charge is 0.744 e. The van der Waals surface area contributed by atoms with Gasteiger partial charge < -0.3 is 18.9 Å². The maximum Gasteiger partial charge on any atom is 0.124 e. The van der Waals surface area contributed by atoms with Crippen molar-refractivity contribution in [1.29, 1.82) is 0 Å². The van der Waals surface area contributed by atoms with Crippen molar-refractivity contribution in [2.75, 3.05) is 20.1 Å². The lowest BCUT2D eigenvalue weighted by molar-refractivity contribution is -0.933. The Bertz CT molecular complexity index is 1120. The Hall–Kier alpha value is -0.990. The molecule has 1 N–H and O–H groups in total. The van der Waals surface area contributed by atoms with Gasteiger partial charge in [-0.2, -0.15) is 0 Å². The number of likely N-dealkylation sites (N-methyl/N-ethyl adjacent to an activating group) is 1. The lowest BCUT2D eigenvalue weighted by Crippen LogP contribution is -2.57. The summed E-state index contributed by atoms with van der Waals surface area (Å²) in [6.45, 7) is 13.8. The van der Waals surface area contributed by atoms with Crippen LogP contribution in [0.5, 0.6) is 0 Å². The smallest absolute Gasteiger partial charge is 0.124 e. The third-order valence-electron chi connectivity index (χ3n) is 12.4. The van der Waals surface area contributed by atoms with E-state index in [1.165, 1.54) is 57.1 Å². The van der Waals surface area contributed by atoms with Crippen molar-refractivity contribution >= 4 is 10.1 Å². The minimum atomic E-state index is -4.27. The van der Waals surface area contributed by atoms with E-state index in [9.17, 15) is 18.1 Å². The van der Waals surface area contributed by atoms with Gasteiger partial charge in [0.15, 0.2) is 0 Å². The molecule has 1 heterocycles. The molecule has 4 aliphatic carbocycles. The highest BCUT2D eigenvalue weighted by molar-refractivity contribution is 7.85. The Labute approximate surface area is 230 Å². The molecule has 0 bridgehead atoms. The maximum absolute atomic E-state index is 11.5. The summed E-state index contributed by atoms with van der Waals surface area (Å²) in [5, 5.41) is 11.5. The number of benzene rings is 1. The molecule has 0 aromatic heterocycles. The predicted molar refractivity (Wildman–Crippen MR) is 147 cm³/mol. The highest BCUT2D eigenvalue weighted by Crippen LogP contribution is 2.68. The fourth-order valence-corrected chi connectivity index (χ4v) is 9.97. The monoisotopic (exact) mass is 547 g/mol. The minimum absolute atomic E-state index is 0.124. The fourth-order valence-electron chi connectivity index (χ4n) is 9.50. The van der Waals surface area contributed by atoms with Crippen LogP contribution in [-0.2, 0) is 14.9 Å². The molecule has 38 heavy (non-hydrogen) atoms. The van der Waals surface area contributed by atoms with Crippen LogP contribution in [0.15, 0.2) is 29.2 Å². The summed E-state index contributed by atoms with van der Waals surface area (Å²) in [6, 6.07) is 6.21. The second kappa shape index (κ2) is 9.83. The van der Waals surface area contributed by atoms with Crippen molar-refractivity contribution in [3.8, 4) is 0 Å². The molecule has 6 nitrogen and oxygen atoms in total. The molecule has 0 radical (unpaired) electrons. The van der Waals surface area contributed by atoms with Gasteiger partial charge in [0.05, 0.1) is 37.2 Å². The molecular weight excluding hydrogens is 498 g/mol. The first-order valence-corrected chi connectivity index (χ1v) is 16.4. The summed E-state index contributed by atoms with van der Waals surface area (Å²) in [5.41, 5.74) is 1.57. The standard InChI is InChI=1S/C24H42NO2.C7H8O3S/c1-6-25(5,7-2)19-13-18-16-9-8-15-12-20-21(27-20)14-24(15,4)17(16)10-11-23(18,3)22(19)26;1-6-2-4-7(5-3-6)11(8,9)10/h15-22,26H,6-14H2,1-5H3;2-5H,1H3,(H,8,9,10)/q+1;/p-1/t15-,16+,17-,18-,19-,20+,21-,22+,23-,24-;/m0./s1. The van der Waals surface area contributed by atoms with E-state index in [1.807, 2.05) is 6.92 Å². The molecule has 6 rings (SSSR count). The SMILES string of the molecule is CC[N+](C)(CC)[C@H]1C[C@H]2[C@@H]3CC[C@H]4C[C@H]5O[C@H]5C[C@]4(C)[C@H]3CC[C@]2(C)[C@@H]1O.Cc1ccc(S(=O)(=O)[O-])cc1. The van der Waals surface area contributed by atoms with Crippen LogP contribution in [0.3, 0.4) is 0 Å². The molecule has 1 aliphatic heterocycles. The number of aliphatic hydroxyl groups excluding tert-OH is 1. The van der Waals surface area contributed by atoms with Gasteiger partial charge in [-0.15, -0.1) is 0 Å². The van der Waals surface area contributed by atoms with Crippen LogP contribution in [0.2, 0.25) is 0 Å². The van der Waals surface area contributed by atoms with Crippen molar-refractivity contribution in [3.63, 3.8) is 0 Å². The summed E-state index contributed by atoms with van der Waals surface area (Å²) in [5.74, 6) is 3.32. The van der Waals surface area contributed by atoms with Gasteiger partial charge in [0.1, 0.15) is 22.3 Å². The molecule has 4 saturated carbocycles. The number of hydrogen-bond donors (Lipinski definition) is 1. The van der Waals surface area contributed by atoms with E-state index >= 15 is 0 Å². The highest BCUT2D eigenvalue weighted by Gasteiger charge is 2.66. The fraction of sp³-hybridized carbons (Fsp3) is 0.806. The van der Waals surface area contributed by atoms with Crippen molar-refractivity contribution < 1.29 is 27.3 Å². The number of aryl methyl sites for hydroxylation is 1. The molecular formula is C31H49NO5S. The van der Waals surface area contributed by atoms with Crippen LogP contribution in [-0.4, -0.2) is 67.1 Å². The minimum Gasteiger partial charge on any atom is -0.744 e. The Morgan fingerprint density at radius 2 is 1.66 bits per heavy atom. The number of quaternary nitrogens is 1. The number of rotatable bonds is 4. The highest BCUT2D eigenvalue weighted by atomic mass is 32.2. The molecule has 1 saturated heterocycles. The molecule has 0 spiro atoms. The van der Waals surface area contributed by atoms with Crippen LogP contribution >= 0.6 is 0 Å². The lowest BCUT2D eigenvalue weighted by atomic mass is 9.45. The number of hydrogen-bond acceptors (Lipinski definition) is 5. The van der Waals surface area contributed by atoms with Gasteiger partial charge in [0.2, 0.25) is 0 Å².